The molecule has 2 aromatic heterocycles. The van der Waals surface area contributed by atoms with Crippen molar-refractivity contribution < 1.29 is 4.79 Å². The van der Waals surface area contributed by atoms with E-state index in [1.54, 1.807) is 0 Å². The summed E-state index contributed by atoms with van der Waals surface area (Å²) in [5.41, 5.74) is 5.27. The highest BCUT2D eigenvalue weighted by Crippen LogP contribution is 1.92. The van der Waals surface area contributed by atoms with Gasteiger partial charge in [0.1, 0.15) is 12.2 Å². The van der Waals surface area contributed by atoms with Gasteiger partial charge in [-0.25, -0.2) is 4.98 Å². The van der Waals surface area contributed by atoms with Gasteiger partial charge in [0.05, 0.1) is 0 Å². The lowest BCUT2D eigenvalue weighted by Crippen LogP contribution is -2.27. The number of aromatic amines is 2. The fraction of sp³-hybridized carbons (Fsp3) is 0.286. The number of carbonyl (C=O) groups is 1. The molecule has 84 valence electrons. The lowest BCUT2D eigenvalue weighted by atomic mass is 10.4. The van der Waals surface area contributed by atoms with Gasteiger partial charge in [-0.1, -0.05) is 0 Å². The Morgan fingerprint density at radius 1 is 1.50 bits per heavy atom. The molecule has 1 amide bonds. The van der Waals surface area contributed by atoms with Crippen LogP contribution in [0.15, 0.2) is 6.33 Å². The lowest BCUT2D eigenvalue weighted by molar-refractivity contribution is 0.0944. The van der Waals surface area contributed by atoms with Gasteiger partial charge in [-0.3, -0.25) is 15.0 Å². The van der Waals surface area contributed by atoms with Crippen LogP contribution in [-0.2, 0) is 6.42 Å². The average molecular weight is 222 g/mol. The van der Waals surface area contributed by atoms with Gasteiger partial charge >= 0.3 is 0 Å². The fourth-order valence-electron chi connectivity index (χ4n) is 1.11. The molecule has 0 bridgehead atoms. The summed E-state index contributed by atoms with van der Waals surface area (Å²) in [6.07, 6.45) is 1.98. The van der Waals surface area contributed by atoms with Crippen LogP contribution >= 0.6 is 0 Å². The van der Waals surface area contributed by atoms with Crippen molar-refractivity contribution in [1.29, 1.82) is 0 Å². The van der Waals surface area contributed by atoms with E-state index in [0.717, 1.165) is 0 Å². The molecule has 2 heterocycles. The van der Waals surface area contributed by atoms with Gasteiger partial charge in [-0.2, -0.15) is 10.1 Å². The smallest absolute Gasteiger partial charge is 0.288 e. The van der Waals surface area contributed by atoms with Gasteiger partial charge in [-0.05, 0) is 0 Å². The third-order valence-corrected chi connectivity index (χ3v) is 1.83. The molecule has 0 aliphatic heterocycles. The van der Waals surface area contributed by atoms with Crippen molar-refractivity contribution in [2.75, 3.05) is 12.3 Å². The second-order valence-electron chi connectivity index (χ2n) is 2.98. The Kier molecular flexibility index (Phi) is 2.76. The zero-order chi connectivity index (χ0) is 11.4. The molecule has 2 aromatic rings. The van der Waals surface area contributed by atoms with Crippen LogP contribution in [-0.4, -0.2) is 42.8 Å². The highest BCUT2D eigenvalue weighted by Gasteiger charge is 2.09. The Bertz CT molecular complexity index is 460. The van der Waals surface area contributed by atoms with Crippen LogP contribution < -0.4 is 11.1 Å². The van der Waals surface area contributed by atoms with Gasteiger partial charge in [0.2, 0.25) is 11.8 Å². The number of H-pyrrole nitrogens is 2. The Morgan fingerprint density at radius 3 is 3.00 bits per heavy atom. The van der Waals surface area contributed by atoms with Crippen LogP contribution in [0.3, 0.4) is 0 Å². The first-order valence-corrected chi connectivity index (χ1v) is 4.56. The molecule has 16 heavy (non-hydrogen) atoms. The molecule has 0 saturated heterocycles. The van der Waals surface area contributed by atoms with Gasteiger partial charge in [-0.15, -0.1) is 5.10 Å². The molecular formula is C7H10N8O. The number of carbonyl (C=O) groups excluding carboxylic acids is 1. The SMILES string of the molecule is Nc1n[nH]c(C(=O)NCCc2ncn[nH]2)n1. The summed E-state index contributed by atoms with van der Waals surface area (Å²) in [6.45, 7) is 0.425. The normalized spacial score (nSPS) is 10.2. The molecule has 0 aliphatic rings. The largest absolute Gasteiger partial charge is 0.366 e. The second kappa shape index (κ2) is 4.38. The van der Waals surface area contributed by atoms with Crippen molar-refractivity contribution in [3.05, 3.63) is 18.0 Å². The lowest BCUT2D eigenvalue weighted by Gasteiger charge is -1.99. The minimum absolute atomic E-state index is 0.0420. The third kappa shape index (κ3) is 2.32. The van der Waals surface area contributed by atoms with Crippen LogP contribution in [0.2, 0.25) is 0 Å². The van der Waals surface area contributed by atoms with Crippen LogP contribution in [0.25, 0.3) is 0 Å². The second-order valence-corrected chi connectivity index (χ2v) is 2.98. The van der Waals surface area contributed by atoms with Crippen LogP contribution in [0, 0.1) is 0 Å². The molecule has 9 heteroatoms. The molecule has 0 fully saturated rings. The van der Waals surface area contributed by atoms with E-state index in [1.807, 2.05) is 0 Å². The summed E-state index contributed by atoms with van der Waals surface area (Å²) in [5, 5.41) is 15.0. The summed E-state index contributed by atoms with van der Waals surface area (Å²) in [5.74, 6) is 0.483. The molecule has 0 atom stereocenters. The quantitative estimate of drug-likeness (QED) is 0.495. The predicted octanol–water partition coefficient (Wildman–Crippen LogP) is -1.52. The maximum Gasteiger partial charge on any atom is 0.288 e. The predicted molar refractivity (Wildman–Crippen MR) is 53.2 cm³/mol. The van der Waals surface area contributed by atoms with E-state index < -0.39 is 0 Å². The van der Waals surface area contributed by atoms with Gasteiger partial charge in [0, 0.05) is 13.0 Å². The zero-order valence-corrected chi connectivity index (χ0v) is 8.27. The summed E-state index contributed by atoms with van der Waals surface area (Å²) in [7, 11) is 0. The minimum Gasteiger partial charge on any atom is -0.366 e. The number of nitrogens with zero attached hydrogens (tertiary/aromatic N) is 4. The van der Waals surface area contributed by atoms with E-state index in [0.29, 0.717) is 18.8 Å². The molecule has 5 N–H and O–H groups in total. The number of aromatic nitrogens is 6. The van der Waals surface area contributed by atoms with E-state index in [9.17, 15) is 4.79 Å². The number of amides is 1. The first kappa shape index (κ1) is 10.1. The molecule has 0 aromatic carbocycles. The Hall–Kier alpha value is -2.45. The molecule has 9 nitrogen and oxygen atoms in total. The number of nitrogens with one attached hydrogen (secondary N) is 3. The van der Waals surface area contributed by atoms with Crippen molar-refractivity contribution in [2.24, 2.45) is 0 Å². The number of hydrogen-bond acceptors (Lipinski definition) is 6. The Labute approximate surface area is 89.9 Å². The third-order valence-electron chi connectivity index (χ3n) is 1.83. The van der Waals surface area contributed by atoms with E-state index in [2.05, 4.69) is 35.7 Å². The average Bonchev–Trinajstić information content (AvgIpc) is 2.89. The van der Waals surface area contributed by atoms with Gasteiger partial charge in [0.25, 0.3) is 5.91 Å². The molecule has 2 rings (SSSR count). The summed E-state index contributed by atoms with van der Waals surface area (Å²) in [6, 6.07) is 0. The highest BCUT2D eigenvalue weighted by molar-refractivity contribution is 5.90. The Morgan fingerprint density at radius 2 is 2.38 bits per heavy atom. The minimum atomic E-state index is -0.358. The molecule has 0 saturated carbocycles. The van der Waals surface area contributed by atoms with Crippen LogP contribution in [0.4, 0.5) is 5.95 Å². The standard InChI is InChI=1S/C7H10N8O/c8-7-12-5(14-15-7)6(16)9-2-1-4-10-3-11-13-4/h3H,1-2H2,(H,9,16)(H,10,11,13)(H3,8,12,14,15). The first-order chi connectivity index (χ1) is 7.75. The number of anilines is 1. The zero-order valence-electron chi connectivity index (χ0n) is 8.27. The Balaban J connectivity index is 1.80. The van der Waals surface area contributed by atoms with Gasteiger partial charge < -0.3 is 11.1 Å². The number of nitrogens with two attached hydrogens (primary N) is 1. The maximum atomic E-state index is 11.4. The van der Waals surface area contributed by atoms with Crippen LogP contribution in [0.5, 0.6) is 0 Å². The fourth-order valence-corrected chi connectivity index (χ4v) is 1.11. The molecular weight excluding hydrogens is 212 g/mol. The molecule has 0 spiro atoms. The van der Waals surface area contributed by atoms with Crippen molar-refractivity contribution >= 4 is 11.9 Å². The van der Waals surface area contributed by atoms with Crippen molar-refractivity contribution in [1.82, 2.24) is 35.7 Å². The van der Waals surface area contributed by atoms with E-state index in [1.165, 1.54) is 6.33 Å². The van der Waals surface area contributed by atoms with Crippen molar-refractivity contribution in [3.63, 3.8) is 0 Å². The van der Waals surface area contributed by atoms with E-state index in [4.69, 9.17) is 5.73 Å². The van der Waals surface area contributed by atoms with E-state index >= 15 is 0 Å². The molecule has 0 radical (unpaired) electrons. The van der Waals surface area contributed by atoms with Crippen molar-refractivity contribution in [3.8, 4) is 0 Å². The maximum absolute atomic E-state index is 11.4. The summed E-state index contributed by atoms with van der Waals surface area (Å²) >= 11 is 0. The topological polar surface area (TPSA) is 138 Å². The van der Waals surface area contributed by atoms with Gasteiger partial charge in [0.15, 0.2) is 0 Å². The first-order valence-electron chi connectivity index (χ1n) is 4.56. The summed E-state index contributed by atoms with van der Waals surface area (Å²) in [4.78, 5) is 19.0. The van der Waals surface area contributed by atoms with Crippen LogP contribution in [0.1, 0.15) is 16.4 Å². The number of nitrogen functional groups attached to an aromatic ring is 1. The monoisotopic (exact) mass is 222 g/mol. The van der Waals surface area contributed by atoms with Crippen molar-refractivity contribution in [2.45, 2.75) is 6.42 Å². The molecule has 0 aliphatic carbocycles. The number of rotatable bonds is 4. The van der Waals surface area contributed by atoms with E-state index in [-0.39, 0.29) is 17.7 Å². The molecule has 0 unspecified atom stereocenters. The number of hydrogen-bond donors (Lipinski definition) is 4. The highest BCUT2D eigenvalue weighted by atomic mass is 16.2. The summed E-state index contributed by atoms with van der Waals surface area (Å²) < 4.78 is 0.